The zero-order valence-electron chi connectivity index (χ0n) is 11.7. The average Bonchev–Trinajstić information content (AvgIpc) is 2.77. The molecule has 0 aliphatic carbocycles. The minimum absolute atomic E-state index is 0.473. The first-order chi connectivity index (χ1) is 10.3. The number of aromatic nitrogens is 2. The standard InChI is InChI=1S/C17H17N3O/c21-20-11-16(15-9-18-10-15)17(19-20)8-12-5-6-13-3-1-2-4-14(13)7-12/h1-7,11,15,18,21H,8-10H2. The molecule has 106 valence electrons. The van der Waals surface area contributed by atoms with E-state index in [4.69, 9.17) is 0 Å². The second-order valence-corrected chi connectivity index (χ2v) is 5.66. The highest BCUT2D eigenvalue weighted by molar-refractivity contribution is 5.83. The van der Waals surface area contributed by atoms with Gasteiger partial charge in [-0.15, -0.1) is 9.94 Å². The third-order valence-corrected chi connectivity index (χ3v) is 4.22. The van der Waals surface area contributed by atoms with E-state index in [2.05, 4.69) is 52.9 Å². The monoisotopic (exact) mass is 279 g/mol. The van der Waals surface area contributed by atoms with E-state index >= 15 is 0 Å². The van der Waals surface area contributed by atoms with Crippen molar-refractivity contribution in [1.82, 2.24) is 15.3 Å². The van der Waals surface area contributed by atoms with Gasteiger partial charge in [0, 0.05) is 31.0 Å². The Balaban J connectivity index is 1.67. The predicted octanol–water partition coefficient (Wildman–Crippen LogP) is 2.55. The van der Waals surface area contributed by atoms with Crippen LogP contribution in [0.1, 0.15) is 22.7 Å². The number of nitrogens with one attached hydrogen (secondary N) is 1. The lowest BCUT2D eigenvalue weighted by molar-refractivity contribution is 0.147. The van der Waals surface area contributed by atoms with Crippen molar-refractivity contribution in [2.75, 3.05) is 13.1 Å². The van der Waals surface area contributed by atoms with Gasteiger partial charge < -0.3 is 10.5 Å². The summed E-state index contributed by atoms with van der Waals surface area (Å²) in [6.45, 7) is 1.94. The van der Waals surface area contributed by atoms with Gasteiger partial charge in [0.2, 0.25) is 0 Å². The molecule has 4 heteroatoms. The molecule has 4 rings (SSSR count). The van der Waals surface area contributed by atoms with Crippen LogP contribution in [0.15, 0.2) is 48.7 Å². The molecule has 21 heavy (non-hydrogen) atoms. The van der Waals surface area contributed by atoms with Gasteiger partial charge in [-0.2, -0.15) is 0 Å². The maximum atomic E-state index is 9.64. The van der Waals surface area contributed by atoms with Crippen LogP contribution in [0.4, 0.5) is 0 Å². The molecule has 2 heterocycles. The van der Waals surface area contributed by atoms with Gasteiger partial charge >= 0.3 is 0 Å². The van der Waals surface area contributed by atoms with Crippen LogP contribution in [0, 0.1) is 0 Å². The Morgan fingerprint density at radius 1 is 1.14 bits per heavy atom. The summed E-state index contributed by atoms with van der Waals surface area (Å²) >= 11 is 0. The van der Waals surface area contributed by atoms with E-state index in [-0.39, 0.29) is 0 Å². The van der Waals surface area contributed by atoms with E-state index in [1.165, 1.54) is 16.3 Å². The van der Waals surface area contributed by atoms with E-state index in [1.54, 1.807) is 6.20 Å². The Kier molecular flexibility index (Phi) is 2.89. The van der Waals surface area contributed by atoms with Crippen LogP contribution in [0.5, 0.6) is 0 Å². The van der Waals surface area contributed by atoms with Crippen molar-refractivity contribution in [2.24, 2.45) is 0 Å². The quantitative estimate of drug-likeness (QED) is 0.724. The molecule has 1 aliphatic rings. The second-order valence-electron chi connectivity index (χ2n) is 5.66. The zero-order chi connectivity index (χ0) is 14.2. The predicted molar refractivity (Wildman–Crippen MR) is 81.8 cm³/mol. The fourth-order valence-corrected chi connectivity index (χ4v) is 2.94. The minimum Gasteiger partial charge on any atom is -0.412 e. The number of nitrogens with zero attached hydrogens (tertiary/aromatic N) is 2. The lowest BCUT2D eigenvalue weighted by Gasteiger charge is -2.26. The molecule has 2 aromatic carbocycles. The number of hydrogen-bond donors (Lipinski definition) is 2. The molecule has 0 spiro atoms. The largest absolute Gasteiger partial charge is 0.412 e. The summed E-state index contributed by atoms with van der Waals surface area (Å²) in [5.41, 5.74) is 3.35. The first kappa shape index (κ1) is 12.4. The summed E-state index contributed by atoms with van der Waals surface area (Å²) < 4.78 is 0. The minimum atomic E-state index is 0.473. The molecule has 0 atom stereocenters. The highest BCUT2D eigenvalue weighted by atomic mass is 16.5. The molecule has 0 saturated carbocycles. The lowest BCUT2D eigenvalue weighted by atomic mass is 9.92. The van der Waals surface area contributed by atoms with Crippen molar-refractivity contribution in [3.8, 4) is 0 Å². The normalized spacial score (nSPS) is 15.2. The van der Waals surface area contributed by atoms with E-state index < -0.39 is 0 Å². The van der Waals surface area contributed by atoms with Crippen molar-refractivity contribution in [3.05, 3.63) is 65.5 Å². The number of benzene rings is 2. The fraction of sp³-hybridized carbons (Fsp3) is 0.235. The second kappa shape index (κ2) is 4.90. The Labute approximate surface area is 123 Å². The van der Waals surface area contributed by atoms with Crippen molar-refractivity contribution in [1.29, 1.82) is 0 Å². The molecule has 2 N–H and O–H groups in total. The van der Waals surface area contributed by atoms with Gasteiger partial charge in [-0.3, -0.25) is 0 Å². The molecule has 1 aliphatic heterocycles. The van der Waals surface area contributed by atoms with Crippen molar-refractivity contribution in [2.45, 2.75) is 12.3 Å². The number of hydrogen-bond acceptors (Lipinski definition) is 3. The van der Waals surface area contributed by atoms with E-state index in [9.17, 15) is 5.21 Å². The first-order valence-electron chi connectivity index (χ1n) is 7.26. The third-order valence-electron chi connectivity index (χ3n) is 4.22. The SMILES string of the molecule is On1cc(C2CNC2)c(Cc2ccc3ccccc3c2)n1. The topological polar surface area (TPSA) is 50.1 Å². The highest BCUT2D eigenvalue weighted by Crippen LogP contribution is 2.25. The van der Waals surface area contributed by atoms with Crippen LogP contribution < -0.4 is 5.32 Å². The molecule has 0 unspecified atom stereocenters. The maximum absolute atomic E-state index is 9.64. The molecule has 0 radical (unpaired) electrons. The first-order valence-corrected chi connectivity index (χ1v) is 7.26. The Hall–Kier alpha value is -2.33. The maximum Gasteiger partial charge on any atom is 0.0739 e. The molecule has 0 amide bonds. The number of rotatable bonds is 3. The summed E-state index contributed by atoms with van der Waals surface area (Å²) in [4.78, 5) is 0.948. The van der Waals surface area contributed by atoms with Gasteiger partial charge in [-0.1, -0.05) is 42.5 Å². The zero-order valence-corrected chi connectivity index (χ0v) is 11.7. The lowest BCUT2D eigenvalue weighted by Crippen LogP contribution is -2.40. The Bertz CT molecular complexity index is 790. The summed E-state index contributed by atoms with van der Waals surface area (Å²) in [5.74, 6) is 0.473. The number of fused-ring (bicyclic) bond motifs is 1. The molecule has 4 nitrogen and oxygen atoms in total. The van der Waals surface area contributed by atoms with Crippen LogP contribution in [0.3, 0.4) is 0 Å². The average molecular weight is 279 g/mol. The fourth-order valence-electron chi connectivity index (χ4n) is 2.94. The molecule has 1 aromatic heterocycles. The molecule has 0 bridgehead atoms. The van der Waals surface area contributed by atoms with Gasteiger partial charge in [-0.25, -0.2) is 0 Å². The van der Waals surface area contributed by atoms with E-state index in [0.717, 1.165) is 35.6 Å². The van der Waals surface area contributed by atoms with Gasteiger partial charge in [0.05, 0.1) is 11.9 Å². The summed E-state index contributed by atoms with van der Waals surface area (Å²) in [6.07, 6.45) is 2.49. The van der Waals surface area contributed by atoms with Gasteiger partial charge in [0.15, 0.2) is 0 Å². The Morgan fingerprint density at radius 3 is 2.71 bits per heavy atom. The highest BCUT2D eigenvalue weighted by Gasteiger charge is 2.24. The summed E-state index contributed by atoms with van der Waals surface area (Å²) in [5, 5.41) is 19.6. The van der Waals surface area contributed by atoms with Crippen LogP contribution >= 0.6 is 0 Å². The summed E-state index contributed by atoms with van der Waals surface area (Å²) in [6, 6.07) is 14.8. The van der Waals surface area contributed by atoms with Gasteiger partial charge in [0.1, 0.15) is 0 Å². The third kappa shape index (κ3) is 2.28. The molecular formula is C17H17N3O. The van der Waals surface area contributed by atoms with Crippen LogP contribution in [0.25, 0.3) is 10.8 Å². The molecule has 1 saturated heterocycles. The summed E-state index contributed by atoms with van der Waals surface area (Å²) in [7, 11) is 0. The molecular weight excluding hydrogens is 262 g/mol. The van der Waals surface area contributed by atoms with Crippen LogP contribution in [-0.4, -0.2) is 28.2 Å². The van der Waals surface area contributed by atoms with Crippen molar-refractivity contribution in [3.63, 3.8) is 0 Å². The Morgan fingerprint density at radius 2 is 1.95 bits per heavy atom. The molecule has 3 aromatic rings. The van der Waals surface area contributed by atoms with Crippen LogP contribution in [0.2, 0.25) is 0 Å². The van der Waals surface area contributed by atoms with E-state index in [0.29, 0.717) is 5.92 Å². The van der Waals surface area contributed by atoms with Crippen LogP contribution in [-0.2, 0) is 6.42 Å². The smallest absolute Gasteiger partial charge is 0.0739 e. The molecule has 1 fully saturated rings. The van der Waals surface area contributed by atoms with Gasteiger partial charge in [0.25, 0.3) is 0 Å². The van der Waals surface area contributed by atoms with E-state index in [1.807, 2.05) is 0 Å². The van der Waals surface area contributed by atoms with Crippen molar-refractivity contribution >= 4 is 10.8 Å². The van der Waals surface area contributed by atoms with Crippen molar-refractivity contribution < 1.29 is 5.21 Å². The van der Waals surface area contributed by atoms with Gasteiger partial charge in [-0.05, 0) is 16.3 Å².